The summed E-state index contributed by atoms with van der Waals surface area (Å²) in [6.45, 7) is 1.53. The average molecular weight is 256 g/mol. The lowest BCUT2D eigenvalue weighted by Crippen LogP contribution is -2.44. The van der Waals surface area contributed by atoms with E-state index in [1.54, 1.807) is 7.11 Å². The molecule has 0 radical (unpaired) electrons. The Kier molecular flexibility index (Phi) is 4.19. The Morgan fingerprint density at radius 2 is 1.94 bits per heavy atom. The molecule has 3 rings (SSSR count). The van der Waals surface area contributed by atoms with Gasteiger partial charge < -0.3 is 18.9 Å². The summed E-state index contributed by atoms with van der Waals surface area (Å²) in [6.07, 6.45) is 7.80. The quantitative estimate of drug-likeness (QED) is 0.772. The highest BCUT2D eigenvalue weighted by atomic mass is 16.7. The highest BCUT2D eigenvalue weighted by Crippen LogP contribution is 2.32. The zero-order valence-corrected chi connectivity index (χ0v) is 11.2. The monoisotopic (exact) mass is 256 g/mol. The van der Waals surface area contributed by atoms with Crippen LogP contribution >= 0.6 is 0 Å². The zero-order valence-electron chi connectivity index (χ0n) is 11.2. The molecule has 1 unspecified atom stereocenters. The Hall–Kier alpha value is -0.160. The van der Waals surface area contributed by atoms with Gasteiger partial charge in [0.15, 0.2) is 6.29 Å². The largest absolute Gasteiger partial charge is 0.376 e. The third-order valence-corrected chi connectivity index (χ3v) is 4.49. The molecule has 4 nitrogen and oxygen atoms in total. The van der Waals surface area contributed by atoms with Crippen molar-refractivity contribution in [2.24, 2.45) is 5.92 Å². The van der Waals surface area contributed by atoms with E-state index in [1.165, 1.54) is 32.1 Å². The van der Waals surface area contributed by atoms with Crippen molar-refractivity contribution in [1.82, 2.24) is 0 Å². The minimum Gasteiger partial charge on any atom is -0.376 e. The van der Waals surface area contributed by atoms with Gasteiger partial charge >= 0.3 is 0 Å². The second kappa shape index (κ2) is 5.87. The fraction of sp³-hybridized carbons (Fsp3) is 1.00. The molecule has 0 amide bonds. The van der Waals surface area contributed by atoms with Gasteiger partial charge in [0.05, 0.1) is 12.7 Å². The Morgan fingerprint density at radius 1 is 1.11 bits per heavy atom. The predicted molar refractivity (Wildman–Crippen MR) is 66.3 cm³/mol. The van der Waals surface area contributed by atoms with Gasteiger partial charge in [0, 0.05) is 20.1 Å². The number of hydrogen-bond acceptors (Lipinski definition) is 4. The maximum Gasteiger partial charge on any atom is 0.184 e. The van der Waals surface area contributed by atoms with E-state index in [0.717, 1.165) is 18.9 Å². The van der Waals surface area contributed by atoms with E-state index in [0.29, 0.717) is 6.61 Å². The van der Waals surface area contributed by atoms with Gasteiger partial charge in [-0.2, -0.15) is 0 Å². The molecule has 1 aliphatic carbocycles. The molecule has 2 saturated heterocycles. The lowest BCUT2D eigenvalue weighted by Gasteiger charge is -2.34. The van der Waals surface area contributed by atoms with Gasteiger partial charge in [0.2, 0.25) is 0 Å². The van der Waals surface area contributed by atoms with E-state index >= 15 is 0 Å². The smallest absolute Gasteiger partial charge is 0.184 e. The first-order valence-electron chi connectivity index (χ1n) is 7.28. The van der Waals surface area contributed by atoms with Crippen LogP contribution in [0.2, 0.25) is 0 Å². The van der Waals surface area contributed by atoms with Crippen LogP contribution in [0.15, 0.2) is 0 Å². The number of ether oxygens (including phenoxy) is 4. The molecule has 0 N–H and O–H groups in total. The molecule has 2 bridgehead atoms. The van der Waals surface area contributed by atoms with Crippen LogP contribution in [0.3, 0.4) is 0 Å². The molecule has 104 valence electrons. The van der Waals surface area contributed by atoms with E-state index in [4.69, 9.17) is 18.9 Å². The van der Waals surface area contributed by atoms with Gasteiger partial charge in [0.1, 0.15) is 12.2 Å². The fourth-order valence-electron chi connectivity index (χ4n) is 3.32. The zero-order chi connectivity index (χ0) is 12.4. The van der Waals surface area contributed by atoms with Crippen LogP contribution in [0.25, 0.3) is 0 Å². The number of hydrogen-bond donors (Lipinski definition) is 0. The van der Waals surface area contributed by atoms with Crippen LogP contribution in [-0.2, 0) is 18.9 Å². The number of methoxy groups -OCH3 is 1. The molecule has 3 aliphatic rings. The minimum absolute atomic E-state index is 0.0279. The van der Waals surface area contributed by atoms with Gasteiger partial charge in [-0.1, -0.05) is 19.3 Å². The van der Waals surface area contributed by atoms with Gasteiger partial charge in [0.25, 0.3) is 0 Å². The predicted octanol–water partition coefficient (Wildman–Crippen LogP) is 2.11. The topological polar surface area (TPSA) is 36.9 Å². The Labute approximate surface area is 109 Å². The summed E-state index contributed by atoms with van der Waals surface area (Å²) < 4.78 is 22.9. The molecule has 2 heterocycles. The molecular weight excluding hydrogens is 232 g/mol. The van der Waals surface area contributed by atoms with E-state index in [9.17, 15) is 0 Å². The Bertz CT molecular complexity index is 265. The minimum atomic E-state index is -0.172. The normalized spacial score (nSPS) is 41.2. The van der Waals surface area contributed by atoms with Crippen LogP contribution in [0, 0.1) is 5.92 Å². The third kappa shape index (κ3) is 2.72. The van der Waals surface area contributed by atoms with E-state index in [2.05, 4.69) is 0 Å². The van der Waals surface area contributed by atoms with Crippen LogP contribution in [0.5, 0.6) is 0 Å². The van der Waals surface area contributed by atoms with E-state index < -0.39 is 0 Å². The van der Waals surface area contributed by atoms with Crippen molar-refractivity contribution < 1.29 is 18.9 Å². The van der Waals surface area contributed by atoms with Gasteiger partial charge in [-0.3, -0.25) is 0 Å². The molecule has 4 heteroatoms. The first kappa shape index (κ1) is 12.9. The summed E-state index contributed by atoms with van der Waals surface area (Å²) in [5.41, 5.74) is 0. The molecule has 0 aromatic heterocycles. The summed E-state index contributed by atoms with van der Waals surface area (Å²) in [7, 11) is 1.72. The van der Waals surface area contributed by atoms with E-state index in [-0.39, 0.29) is 24.6 Å². The second-order valence-electron chi connectivity index (χ2n) is 5.76. The van der Waals surface area contributed by atoms with Crippen LogP contribution in [-0.4, -0.2) is 44.9 Å². The highest BCUT2D eigenvalue weighted by molar-refractivity contribution is 4.87. The molecular formula is C14H24O4. The standard InChI is InChI=1S/C14H24O4/c1-15-12-7-11(13-9-17-14(12)18-13)16-8-10-5-3-2-4-6-10/h10-14H,2-9H2,1H3/t11-,12+,13+,14?/m0/s1. The first-order valence-corrected chi connectivity index (χ1v) is 7.28. The first-order chi connectivity index (χ1) is 8.86. The van der Waals surface area contributed by atoms with E-state index in [1.807, 2.05) is 0 Å². The molecule has 4 atom stereocenters. The highest BCUT2D eigenvalue weighted by Gasteiger charge is 2.44. The molecule has 1 saturated carbocycles. The number of fused-ring (bicyclic) bond motifs is 2. The number of rotatable bonds is 4. The maximum atomic E-state index is 6.10. The lowest BCUT2D eigenvalue weighted by molar-refractivity contribution is -0.201. The van der Waals surface area contributed by atoms with Crippen LogP contribution < -0.4 is 0 Å². The molecule has 3 fully saturated rings. The molecule has 0 aromatic carbocycles. The van der Waals surface area contributed by atoms with Gasteiger partial charge in [-0.15, -0.1) is 0 Å². The second-order valence-corrected chi connectivity index (χ2v) is 5.76. The van der Waals surface area contributed by atoms with Crippen molar-refractivity contribution in [1.29, 1.82) is 0 Å². The van der Waals surface area contributed by atoms with Crippen molar-refractivity contribution in [3.8, 4) is 0 Å². The van der Waals surface area contributed by atoms with Gasteiger partial charge in [-0.25, -0.2) is 0 Å². The maximum absolute atomic E-state index is 6.10. The summed E-state index contributed by atoms with van der Waals surface area (Å²) in [4.78, 5) is 0. The van der Waals surface area contributed by atoms with Crippen LogP contribution in [0.1, 0.15) is 38.5 Å². The summed E-state index contributed by atoms with van der Waals surface area (Å²) in [5, 5.41) is 0. The molecule has 0 spiro atoms. The molecule has 0 aromatic rings. The van der Waals surface area contributed by atoms with Crippen molar-refractivity contribution in [2.45, 2.75) is 63.1 Å². The SMILES string of the molecule is CO[C@@H]1C[C@H](OCC2CCCCC2)[C@H]2COC1O2. The summed E-state index contributed by atoms with van der Waals surface area (Å²) in [5.74, 6) is 0.750. The van der Waals surface area contributed by atoms with Gasteiger partial charge in [-0.05, 0) is 18.8 Å². The van der Waals surface area contributed by atoms with Crippen molar-refractivity contribution in [3.63, 3.8) is 0 Å². The van der Waals surface area contributed by atoms with Crippen LogP contribution in [0.4, 0.5) is 0 Å². The third-order valence-electron chi connectivity index (χ3n) is 4.49. The summed E-state index contributed by atoms with van der Waals surface area (Å²) >= 11 is 0. The Morgan fingerprint density at radius 3 is 2.72 bits per heavy atom. The fourth-order valence-corrected chi connectivity index (χ4v) is 3.32. The van der Waals surface area contributed by atoms with Crippen molar-refractivity contribution in [2.75, 3.05) is 20.3 Å². The molecule has 18 heavy (non-hydrogen) atoms. The Balaban J connectivity index is 1.49. The lowest BCUT2D eigenvalue weighted by atomic mass is 9.90. The molecule has 2 aliphatic heterocycles. The average Bonchev–Trinajstić information content (AvgIpc) is 2.84. The van der Waals surface area contributed by atoms with Crippen molar-refractivity contribution >= 4 is 0 Å². The summed E-state index contributed by atoms with van der Waals surface area (Å²) in [6, 6.07) is 0. The van der Waals surface area contributed by atoms with Crippen molar-refractivity contribution in [3.05, 3.63) is 0 Å².